The van der Waals surface area contributed by atoms with Gasteiger partial charge in [-0.2, -0.15) is 0 Å². The third kappa shape index (κ3) is 6.91. The van der Waals surface area contributed by atoms with E-state index in [1.54, 1.807) is 0 Å². The van der Waals surface area contributed by atoms with Gasteiger partial charge in [-0.25, -0.2) is 0 Å². The van der Waals surface area contributed by atoms with E-state index in [0.29, 0.717) is 0 Å². The van der Waals surface area contributed by atoms with Crippen LogP contribution in [-0.4, -0.2) is 0 Å². The van der Waals surface area contributed by atoms with Crippen molar-refractivity contribution >= 4 is 61.1 Å². The van der Waals surface area contributed by atoms with E-state index in [9.17, 15) is 0 Å². The molecule has 15 rings (SSSR count). The molecule has 0 fully saturated rings. The fourth-order valence-corrected chi connectivity index (χ4v) is 11.9. The van der Waals surface area contributed by atoms with Gasteiger partial charge in [0.05, 0.1) is 22.7 Å². The summed E-state index contributed by atoms with van der Waals surface area (Å²) in [5, 5.41) is 7.37. The van der Waals surface area contributed by atoms with Crippen LogP contribution in [0.4, 0.5) is 28.4 Å². The van der Waals surface area contributed by atoms with Gasteiger partial charge in [-0.05, 0) is 167 Å². The monoisotopic (exact) mass is 946 g/mol. The van der Waals surface area contributed by atoms with Gasteiger partial charge in [0.2, 0.25) is 0 Å². The summed E-state index contributed by atoms with van der Waals surface area (Å²) >= 11 is 0. The van der Waals surface area contributed by atoms with Crippen LogP contribution in [0, 0.1) is 5.92 Å². The zero-order chi connectivity index (χ0) is 48.7. The van der Waals surface area contributed by atoms with Crippen molar-refractivity contribution in [2.24, 2.45) is 5.92 Å². The number of para-hydroxylation sites is 8. The summed E-state index contributed by atoms with van der Waals surface area (Å²) in [6.07, 6.45) is 5.70. The number of allylic oxidation sites excluding steroid dienone is 3. The molecule has 0 saturated heterocycles. The molecule has 0 spiro atoms. The van der Waals surface area contributed by atoms with Crippen molar-refractivity contribution in [2.75, 3.05) is 9.80 Å². The molecule has 2 aliphatic carbocycles. The first-order valence-electron chi connectivity index (χ1n) is 25.5. The summed E-state index contributed by atoms with van der Waals surface area (Å²) in [5.41, 5.74) is 17.3. The molecule has 1 atom stereocenters. The SMILES string of the molecule is C1=C2C(c3ccc(-c4ccc5ccccc5c4)cc3)=c3ccc(N4c5ccccc5Oc5ccccc54)cc3=C(c3ccc(-c4ccc5ccccc5c4)cc3)C2CC=C1N1c2ccccc2Oc2ccccc21. The molecule has 0 bridgehead atoms. The van der Waals surface area contributed by atoms with Crippen molar-refractivity contribution in [1.29, 1.82) is 0 Å². The molecule has 11 aromatic carbocycles. The summed E-state index contributed by atoms with van der Waals surface area (Å²) in [4.78, 5) is 4.76. The van der Waals surface area contributed by atoms with Gasteiger partial charge in [0.1, 0.15) is 0 Å². The van der Waals surface area contributed by atoms with Crippen molar-refractivity contribution in [3.8, 4) is 45.3 Å². The average Bonchev–Trinajstić information content (AvgIpc) is 3.48. The number of ether oxygens (including phenoxy) is 2. The Morgan fingerprint density at radius 3 is 1.30 bits per heavy atom. The molecule has 74 heavy (non-hydrogen) atoms. The molecule has 4 aliphatic rings. The number of rotatable bonds is 6. The van der Waals surface area contributed by atoms with Crippen molar-refractivity contribution in [1.82, 2.24) is 0 Å². The Bertz CT molecular complexity index is 4210. The number of anilines is 5. The maximum Gasteiger partial charge on any atom is 0.151 e. The van der Waals surface area contributed by atoms with E-state index in [-0.39, 0.29) is 5.92 Å². The van der Waals surface area contributed by atoms with Crippen molar-refractivity contribution in [3.05, 3.63) is 294 Å². The molecule has 0 aromatic heterocycles. The van der Waals surface area contributed by atoms with Crippen LogP contribution in [0.1, 0.15) is 17.5 Å². The highest BCUT2D eigenvalue weighted by molar-refractivity contribution is 5.94. The fraction of sp³-hybridized carbons (Fsp3) is 0.0286. The number of fused-ring (bicyclic) bond motifs is 8. The second-order valence-electron chi connectivity index (χ2n) is 19.6. The molecule has 0 radical (unpaired) electrons. The van der Waals surface area contributed by atoms with Gasteiger partial charge in [0.15, 0.2) is 23.0 Å². The van der Waals surface area contributed by atoms with Crippen LogP contribution in [0.5, 0.6) is 23.0 Å². The minimum absolute atomic E-state index is 0.0268. The van der Waals surface area contributed by atoms with E-state index in [1.165, 1.54) is 82.1 Å². The Morgan fingerprint density at radius 1 is 0.338 bits per heavy atom. The smallest absolute Gasteiger partial charge is 0.151 e. The molecule has 4 heteroatoms. The third-order valence-corrected chi connectivity index (χ3v) is 15.4. The quantitative estimate of drug-likeness (QED) is 0.166. The zero-order valence-corrected chi connectivity index (χ0v) is 40.3. The van der Waals surface area contributed by atoms with E-state index in [1.807, 2.05) is 12.1 Å². The van der Waals surface area contributed by atoms with Crippen molar-refractivity contribution < 1.29 is 9.47 Å². The molecule has 2 aliphatic heterocycles. The topological polar surface area (TPSA) is 24.9 Å². The van der Waals surface area contributed by atoms with Gasteiger partial charge in [-0.15, -0.1) is 0 Å². The van der Waals surface area contributed by atoms with E-state index >= 15 is 0 Å². The predicted molar refractivity (Wildman–Crippen MR) is 304 cm³/mol. The van der Waals surface area contributed by atoms with Crippen LogP contribution in [0.25, 0.3) is 54.9 Å². The second kappa shape index (κ2) is 17.0. The lowest BCUT2D eigenvalue weighted by atomic mass is 9.71. The lowest BCUT2D eigenvalue weighted by Crippen LogP contribution is -2.39. The van der Waals surface area contributed by atoms with Gasteiger partial charge >= 0.3 is 0 Å². The summed E-state index contributed by atoms with van der Waals surface area (Å²) < 4.78 is 13.1. The molecule has 4 nitrogen and oxygen atoms in total. The van der Waals surface area contributed by atoms with E-state index in [2.05, 4.69) is 259 Å². The Kier molecular flexibility index (Phi) is 9.67. The number of nitrogens with zero attached hydrogens (tertiary/aromatic N) is 2. The van der Waals surface area contributed by atoms with Crippen LogP contribution in [0.15, 0.2) is 272 Å². The van der Waals surface area contributed by atoms with Crippen LogP contribution in [-0.2, 0) is 0 Å². The molecule has 0 amide bonds. The molecule has 0 saturated carbocycles. The van der Waals surface area contributed by atoms with Gasteiger partial charge in [-0.1, -0.05) is 182 Å². The highest BCUT2D eigenvalue weighted by Gasteiger charge is 2.35. The first-order chi connectivity index (χ1) is 36.7. The van der Waals surface area contributed by atoms with Gasteiger partial charge in [-0.3, -0.25) is 0 Å². The van der Waals surface area contributed by atoms with E-state index in [0.717, 1.165) is 63.6 Å². The maximum atomic E-state index is 6.55. The first kappa shape index (κ1) is 42.1. The molecular weight excluding hydrogens is 901 g/mol. The van der Waals surface area contributed by atoms with Gasteiger partial charge in [0, 0.05) is 17.3 Å². The molecule has 11 aromatic rings. The largest absolute Gasteiger partial charge is 0.453 e. The molecule has 0 N–H and O–H groups in total. The zero-order valence-electron chi connectivity index (χ0n) is 40.3. The highest BCUT2D eigenvalue weighted by atomic mass is 16.5. The Hall–Kier alpha value is -9.64. The summed E-state index contributed by atoms with van der Waals surface area (Å²) in [5.74, 6) is 3.37. The van der Waals surface area contributed by atoms with E-state index in [4.69, 9.17) is 9.47 Å². The standard InChI is InChI=1S/C70H46N2O2/c1-3-15-51-41-53(35-29-45(51)13-1)47-25-31-49(32-26-47)69-57-39-37-56(72-63-19-7-11-23-67(63)74-68-24-12-8-20-64(68)72)44-60(57)70(50-33-27-48(28-34-50)54-36-30-46-14-2-4-16-52(46)42-54)58-40-38-55(43-59(58)69)71-61-17-5-9-21-65(61)73-66-22-10-6-18-62(66)71/h1-39,41-44,58H,40H2. The van der Waals surface area contributed by atoms with Crippen molar-refractivity contribution in [2.45, 2.75) is 6.42 Å². The Balaban J connectivity index is 0.974. The lowest BCUT2D eigenvalue weighted by molar-refractivity contribution is 0.476. The Morgan fingerprint density at radius 2 is 0.770 bits per heavy atom. The fourth-order valence-electron chi connectivity index (χ4n) is 11.9. The molecule has 2 heterocycles. The molecule has 1 unspecified atom stereocenters. The van der Waals surface area contributed by atoms with Gasteiger partial charge < -0.3 is 19.3 Å². The number of benzene rings is 11. The predicted octanol–water partition coefficient (Wildman–Crippen LogP) is 17.1. The second-order valence-corrected chi connectivity index (χ2v) is 19.6. The number of hydrogen-bond donors (Lipinski definition) is 0. The highest BCUT2D eigenvalue weighted by Crippen LogP contribution is 2.53. The maximum absolute atomic E-state index is 6.55. The van der Waals surface area contributed by atoms with Crippen LogP contribution in [0.2, 0.25) is 0 Å². The van der Waals surface area contributed by atoms with Crippen LogP contribution >= 0.6 is 0 Å². The molecule has 348 valence electrons. The lowest BCUT2D eigenvalue weighted by Gasteiger charge is -2.38. The first-order valence-corrected chi connectivity index (χ1v) is 25.5. The minimum Gasteiger partial charge on any atom is -0.453 e. The number of hydrogen-bond acceptors (Lipinski definition) is 4. The van der Waals surface area contributed by atoms with Crippen LogP contribution in [0.3, 0.4) is 0 Å². The Labute approximate surface area is 429 Å². The van der Waals surface area contributed by atoms with E-state index < -0.39 is 0 Å². The van der Waals surface area contributed by atoms with Crippen molar-refractivity contribution in [3.63, 3.8) is 0 Å². The van der Waals surface area contributed by atoms with Gasteiger partial charge in [0.25, 0.3) is 0 Å². The summed E-state index contributed by atoms with van der Waals surface area (Å²) in [6.45, 7) is 0. The summed E-state index contributed by atoms with van der Waals surface area (Å²) in [7, 11) is 0. The normalized spacial score (nSPS) is 15.1. The minimum atomic E-state index is 0.0268. The average molecular weight is 947 g/mol. The molecular formula is C70H46N2O2. The summed E-state index contributed by atoms with van der Waals surface area (Å²) in [6, 6.07) is 90.0. The van der Waals surface area contributed by atoms with Crippen LogP contribution < -0.4 is 29.7 Å². The third-order valence-electron chi connectivity index (χ3n) is 15.4.